The number of ether oxygens (including phenoxy) is 1. The first kappa shape index (κ1) is 30.3. The Morgan fingerprint density at radius 1 is 1.00 bits per heavy atom. The summed E-state index contributed by atoms with van der Waals surface area (Å²) in [7, 11) is 0. The summed E-state index contributed by atoms with van der Waals surface area (Å²) < 4.78 is 48.7. The van der Waals surface area contributed by atoms with Crippen LogP contribution >= 0.6 is 27.3 Å². The number of quaternary nitrogens is 1. The van der Waals surface area contributed by atoms with Crippen LogP contribution in [-0.4, -0.2) is 49.1 Å². The van der Waals surface area contributed by atoms with Gasteiger partial charge in [0.25, 0.3) is 0 Å². The van der Waals surface area contributed by atoms with E-state index in [0.717, 1.165) is 84.8 Å². The maximum Gasteiger partial charge on any atom is 0.417 e. The molecule has 0 saturated carbocycles. The molecule has 0 atom stereocenters. The number of fused-ring (bicyclic) bond motifs is 1. The average molecular weight is 674 g/mol. The van der Waals surface area contributed by atoms with Crippen LogP contribution in [0.1, 0.15) is 46.5 Å². The molecule has 1 aromatic heterocycles. The van der Waals surface area contributed by atoms with Crippen molar-refractivity contribution in [1.82, 2.24) is 10.2 Å². The van der Waals surface area contributed by atoms with E-state index in [-0.39, 0.29) is 23.6 Å². The van der Waals surface area contributed by atoms with Gasteiger partial charge in [-0.3, -0.25) is 10.2 Å². The van der Waals surface area contributed by atoms with Crippen molar-refractivity contribution in [3.05, 3.63) is 87.2 Å². The number of likely N-dealkylation sites (tertiary alicyclic amines) is 1. The highest BCUT2D eigenvalue weighted by Gasteiger charge is 2.33. The molecule has 3 heterocycles. The van der Waals surface area contributed by atoms with E-state index in [1.165, 1.54) is 29.0 Å². The molecule has 0 aliphatic carbocycles. The number of nitrogens with zero attached hydrogens (tertiary/aromatic N) is 1. The molecule has 1 amide bonds. The van der Waals surface area contributed by atoms with Gasteiger partial charge in [0.15, 0.2) is 0 Å². The molecular weight excluding hydrogens is 639 g/mol. The van der Waals surface area contributed by atoms with Crippen molar-refractivity contribution in [2.45, 2.75) is 50.6 Å². The lowest BCUT2D eigenvalue weighted by Crippen LogP contribution is -2.94. The Bertz CT molecular complexity index is 1590. The predicted molar refractivity (Wildman–Crippen MR) is 167 cm³/mol. The minimum absolute atomic E-state index is 0.00911. The second kappa shape index (κ2) is 13.1. The quantitative estimate of drug-likeness (QED) is 0.226. The lowest BCUT2D eigenvalue weighted by molar-refractivity contribution is -0.597. The van der Waals surface area contributed by atoms with Crippen molar-refractivity contribution in [2.75, 3.05) is 26.2 Å². The number of rotatable bonds is 7. The molecule has 10 heteroatoms. The van der Waals surface area contributed by atoms with Crippen LogP contribution in [0.15, 0.2) is 71.2 Å². The van der Waals surface area contributed by atoms with Gasteiger partial charge in [-0.15, -0.1) is 11.3 Å². The van der Waals surface area contributed by atoms with E-state index in [1.54, 1.807) is 24.3 Å². The number of hydrogen-bond donors (Lipinski definition) is 2. The summed E-state index contributed by atoms with van der Waals surface area (Å²) in [4.78, 5) is 16.2. The molecule has 4 aromatic rings. The fourth-order valence-electron chi connectivity index (χ4n) is 5.97. The Morgan fingerprint density at radius 3 is 2.51 bits per heavy atom. The van der Waals surface area contributed by atoms with Crippen LogP contribution in [0.5, 0.6) is 5.75 Å². The molecule has 5 nitrogen and oxygen atoms in total. The van der Waals surface area contributed by atoms with Gasteiger partial charge in [-0.05, 0) is 94.3 Å². The van der Waals surface area contributed by atoms with Crippen molar-refractivity contribution in [3.63, 3.8) is 0 Å². The second-order valence-corrected chi connectivity index (χ2v) is 13.3. The Morgan fingerprint density at radius 2 is 1.77 bits per heavy atom. The minimum atomic E-state index is -4.44. The summed E-state index contributed by atoms with van der Waals surface area (Å²) in [6.07, 6.45) is -0.317. The molecule has 6 rings (SSSR count). The summed E-state index contributed by atoms with van der Waals surface area (Å²) in [5.41, 5.74) is 1.21. The van der Waals surface area contributed by atoms with E-state index in [2.05, 4.69) is 44.3 Å². The lowest BCUT2D eigenvalue weighted by Gasteiger charge is -2.30. The smallest absolute Gasteiger partial charge is 0.417 e. The van der Waals surface area contributed by atoms with Gasteiger partial charge >= 0.3 is 12.1 Å². The molecule has 0 bridgehead atoms. The maximum absolute atomic E-state index is 13.6. The van der Waals surface area contributed by atoms with Crippen molar-refractivity contribution < 1.29 is 28.0 Å². The molecular formula is C33H34BrF3N3O2S+. The number of halogens is 4. The summed E-state index contributed by atoms with van der Waals surface area (Å²) in [6.45, 7) is 4.66. The van der Waals surface area contributed by atoms with Crippen molar-refractivity contribution in [2.24, 2.45) is 0 Å². The zero-order valence-corrected chi connectivity index (χ0v) is 26.0. The fourth-order valence-corrected chi connectivity index (χ4v) is 7.51. The zero-order chi connectivity index (χ0) is 30.0. The highest BCUT2D eigenvalue weighted by molar-refractivity contribution is 9.10. The van der Waals surface area contributed by atoms with Gasteiger partial charge in [-0.1, -0.05) is 36.4 Å². The number of amides is 1. The number of alkyl halides is 3. The van der Waals surface area contributed by atoms with E-state index in [4.69, 9.17) is 4.74 Å². The van der Waals surface area contributed by atoms with Gasteiger partial charge in [0.2, 0.25) is 0 Å². The highest BCUT2D eigenvalue weighted by Crippen LogP contribution is 2.38. The third-order valence-corrected chi connectivity index (χ3v) is 10.0. The van der Waals surface area contributed by atoms with E-state index in [9.17, 15) is 18.0 Å². The van der Waals surface area contributed by atoms with Gasteiger partial charge in [0.1, 0.15) is 16.7 Å². The molecule has 2 aliphatic heterocycles. The van der Waals surface area contributed by atoms with E-state index >= 15 is 0 Å². The van der Waals surface area contributed by atoms with E-state index in [0.29, 0.717) is 10.4 Å². The number of thiophene rings is 1. The van der Waals surface area contributed by atoms with Crippen LogP contribution in [0, 0.1) is 0 Å². The van der Waals surface area contributed by atoms with Crippen LogP contribution < -0.4 is 15.4 Å². The Kier molecular flexibility index (Phi) is 9.21. The fraction of sp³-hybridized carbons (Fsp3) is 0.364. The number of nitrogens with one attached hydrogen (secondary N) is 1. The van der Waals surface area contributed by atoms with Gasteiger partial charge < -0.3 is 10.1 Å². The third kappa shape index (κ3) is 7.32. The van der Waals surface area contributed by atoms with Crippen LogP contribution in [0.3, 0.4) is 0 Å². The second-order valence-electron chi connectivity index (χ2n) is 11.4. The average Bonchev–Trinajstić information content (AvgIpc) is 3.44. The van der Waals surface area contributed by atoms with Crippen molar-refractivity contribution in [3.8, 4) is 16.9 Å². The zero-order valence-electron chi connectivity index (χ0n) is 23.6. The SMILES string of the molecule is O=C([NH2+]C1CCN(Cc2ccc(OC3CCNCC3)c(Br)c2)CC1)c1cc2ccc(-c3ccccc3C(F)(F)F)cc2s1. The largest absolute Gasteiger partial charge is 0.489 e. The molecule has 0 radical (unpaired) electrons. The first-order valence-electron chi connectivity index (χ1n) is 14.7. The Hall–Kier alpha value is -2.76. The van der Waals surface area contributed by atoms with E-state index in [1.807, 2.05) is 11.4 Å². The number of benzene rings is 3. The van der Waals surface area contributed by atoms with Crippen LogP contribution in [-0.2, 0) is 12.7 Å². The number of piperidine rings is 2. The predicted octanol–water partition coefficient (Wildman–Crippen LogP) is 6.85. The summed E-state index contributed by atoms with van der Waals surface area (Å²) >= 11 is 5.03. The third-order valence-electron chi connectivity index (χ3n) is 8.31. The maximum atomic E-state index is 13.6. The van der Waals surface area contributed by atoms with Gasteiger partial charge in [0, 0.05) is 37.2 Å². The molecule has 3 aromatic carbocycles. The van der Waals surface area contributed by atoms with Crippen molar-refractivity contribution >= 4 is 43.3 Å². The molecule has 2 fully saturated rings. The molecule has 2 aliphatic rings. The van der Waals surface area contributed by atoms with Crippen LogP contribution in [0.25, 0.3) is 21.2 Å². The topological polar surface area (TPSA) is 58.2 Å². The number of nitrogens with two attached hydrogens (primary N) is 1. The van der Waals surface area contributed by atoms with Gasteiger partial charge in [0.05, 0.1) is 16.1 Å². The minimum Gasteiger partial charge on any atom is -0.489 e. The van der Waals surface area contributed by atoms with Gasteiger partial charge in [-0.2, -0.15) is 13.2 Å². The molecule has 226 valence electrons. The summed E-state index contributed by atoms with van der Waals surface area (Å²) in [5, 5.41) is 6.07. The Labute approximate surface area is 261 Å². The molecule has 0 spiro atoms. The number of hydrogen-bond acceptors (Lipinski definition) is 5. The number of carbonyl (C=O) groups is 1. The number of carbonyl (C=O) groups excluding carboxylic acids is 1. The summed E-state index contributed by atoms with van der Waals surface area (Å²) in [6, 6.07) is 19.2. The Balaban J connectivity index is 1.03. The van der Waals surface area contributed by atoms with Crippen molar-refractivity contribution in [1.29, 1.82) is 0 Å². The van der Waals surface area contributed by atoms with Gasteiger partial charge in [-0.25, -0.2) is 4.79 Å². The van der Waals surface area contributed by atoms with Crippen LogP contribution in [0.2, 0.25) is 0 Å². The molecule has 2 saturated heterocycles. The normalized spacial score (nSPS) is 17.4. The standard InChI is InChI=1S/C33H33BrF3N3O2S/c34-28-17-21(5-8-29(28)42-25-9-13-38-14-10-25)20-40-15-11-24(12-16-40)39-32(41)31-19-23-7-6-22(18-30(23)43-31)26-3-1-2-4-27(26)33(35,36)37/h1-8,17-19,24-25,38H,9-16,20H2,(H,39,41)/p+1. The lowest BCUT2D eigenvalue weighted by atomic mass is 9.99. The first-order chi connectivity index (χ1) is 20.7. The monoisotopic (exact) mass is 672 g/mol. The van der Waals surface area contributed by atoms with Crippen LogP contribution in [0.4, 0.5) is 13.2 Å². The molecule has 43 heavy (non-hydrogen) atoms. The first-order valence-corrected chi connectivity index (χ1v) is 16.3. The van der Waals surface area contributed by atoms with E-state index < -0.39 is 11.7 Å². The number of primary amides is 1. The highest BCUT2D eigenvalue weighted by atomic mass is 79.9. The molecule has 3 N–H and O–H groups in total. The summed E-state index contributed by atoms with van der Waals surface area (Å²) in [5.74, 6) is 0.885. The molecule has 0 unspecified atom stereocenters.